The van der Waals surface area contributed by atoms with Gasteiger partial charge < -0.3 is 15.0 Å². The van der Waals surface area contributed by atoms with Crippen LogP contribution in [0.5, 0.6) is 0 Å². The van der Waals surface area contributed by atoms with Gasteiger partial charge in [0.05, 0.1) is 11.4 Å². The molecule has 1 amide bonds. The van der Waals surface area contributed by atoms with Crippen LogP contribution >= 0.6 is 11.6 Å². The van der Waals surface area contributed by atoms with Crippen LogP contribution in [0.1, 0.15) is 25.8 Å². The summed E-state index contributed by atoms with van der Waals surface area (Å²) in [5.74, 6) is -1.39. The molecule has 0 bridgehead atoms. The van der Waals surface area contributed by atoms with Gasteiger partial charge in [-0.25, -0.2) is 0 Å². The Bertz CT molecular complexity index is 527. The predicted octanol–water partition coefficient (Wildman–Crippen LogP) is 1.04. The van der Waals surface area contributed by atoms with E-state index in [0.29, 0.717) is 11.4 Å². The molecule has 1 aromatic rings. The van der Waals surface area contributed by atoms with Crippen molar-refractivity contribution in [3.05, 3.63) is 33.7 Å². The maximum atomic E-state index is 11.9. The number of rotatable bonds is 6. The fraction of sp³-hybridized carbons (Fsp3) is 0.417. The zero-order valence-corrected chi connectivity index (χ0v) is 11.2. The largest absolute Gasteiger partial charge is 0.481 e. The number of carbonyl (C=O) groups is 2. The molecule has 0 saturated heterocycles. The first-order valence-electron chi connectivity index (χ1n) is 5.83. The number of halogens is 1. The highest BCUT2D eigenvalue weighted by Crippen LogP contribution is 2.12. The molecule has 1 heterocycles. The lowest BCUT2D eigenvalue weighted by Crippen LogP contribution is -2.37. The smallest absolute Gasteiger partial charge is 0.305 e. The van der Waals surface area contributed by atoms with E-state index in [4.69, 9.17) is 16.7 Å². The van der Waals surface area contributed by atoms with Gasteiger partial charge in [-0.2, -0.15) is 0 Å². The van der Waals surface area contributed by atoms with Crippen LogP contribution in [0, 0.1) is 0 Å². The summed E-state index contributed by atoms with van der Waals surface area (Å²) in [5, 5.41) is 11.3. The summed E-state index contributed by atoms with van der Waals surface area (Å²) in [7, 11) is 0. The number of nitrogens with one attached hydrogen (secondary N) is 1. The molecule has 6 nitrogen and oxygen atoms in total. The highest BCUT2D eigenvalue weighted by atomic mass is 35.5. The van der Waals surface area contributed by atoms with Gasteiger partial charge in [0.15, 0.2) is 0 Å². The number of hydrogen-bond acceptors (Lipinski definition) is 3. The molecular formula is C12H15ClN2O4. The van der Waals surface area contributed by atoms with E-state index in [1.54, 1.807) is 6.92 Å². The Morgan fingerprint density at radius 2 is 2.16 bits per heavy atom. The molecule has 0 aliphatic heterocycles. The first-order valence-corrected chi connectivity index (χ1v) is 6.20. The van der Waals surface area contributed by atoms with Crippen LogP contribution in [-0.4, -0.2) is 28.1 Å². The third kappa shape index (κ3) is 4.40. The molecule has 0 fully saturated rings. The predicted molar refractivity (Wildman–Crippen MR) is 70.3 cm³/mol. The molecule has 0 aliphatic carbocycles. The Kier molecular flexibility index (Phi) is 5.57. The van der Waals surface area contributed by atoms with Gasteiger partial charge in [0.1, 0.15) is 6.04 Å². The van der Waals surface area contributed by atoms with Crippen molar-refractivity contribution in [2.24, 2.45) is 0 Å². The van der Waals surface area contributed by atoms with Crippen molar-refractivity contribution in [1.29, 1.82) is 0 Å². The van der Waals surface area contributed by atoms with Gasteiger partial charge in [0.25, 0.3) is 5.56 Å². The van der Waals surface area contributed by atoms with E-state index in [-0.39, 0.29) is 18.5 Å². The van der Waals surface area contributed by atoms with Crippen LogP contribution in [0.3, 0.4) is 0 Å². The molecule has 2 N–H and O–H groups in total. The molecule has 1 aromatic heterocycles. The number of aliphatic carboxylic acids is 1. The molecule has 7 heteroatoms. The van der Waals surface area contributed by atoms with Gasteiger partial charge in [0, 0.05) is 18.8 Å². The molecular weight excluding hydrogens is 272 g/mol. The molecule has 0 saturated carbocycles. The quantitative estimate of drug-likeness (QED) is 0.818. The fourth-order valence-electron chi connectivity index (χ4n) is 1.64. The number of pyridine rings is 1. The Morgan fingerprint density at radius 1 is 1.47 bits per heavy atom. The van der Waals surface area contributed by atoms with E-state index in [0.717, 1.165) is 0 Å². The number of carboxylic acid groups (broad SMARTS) is 1. The van der Waals surface area contributed by atoms with Crippen LogP contribution < -0.4 is 10.9 Å². The van der Waals surface area contributed by atoms with Crippen molar-refractivity contribution < 1.29 is 14.7 Å². The molecule has 0 aromatic carbocycles. The SMILES string of the molecule is CCC(C(=O)NCCC(=O)O)n1cc(Cl)ccc1=O. The summed E-state index contributed by atoms with van der Waals surface area (Å²) in [6, 6.07) is 2.05. The first-order chi connectivity index (χ1) is 8.95. The molecule has 1 rings (SSSR count). The zero-order chi connectivity index (χ0) is 14.4. The number of amides is 1. The second kappa shape index (κ2) is 6.94. The first kappa shape index (κ1) is 15.2. The lowest BCUT2D eigenvalue weighted by Gasteiger charge is -2.17. The van der Waals surface area contributed by atoms with Crippen LogP contribution in [-0.2, 0) is 9.59 Å². The van der Waals surface area contributed by atoms with Crippen LogP contribution in [0.2, 0.25) is 5.02 Å². The average molecular weight is 287 g/mol. The molecule has 1 atom stereocenters. The van der Waals surface area contributed by atoms with Gasteiger partial charge in [-0.15, -0.1) is 0 Å². The van der Waals surface area contributed by atoms with E-state index in [1.165, 1.54) is 22.9 Å². The van der Waals surface area contributed by atoms with E-state index < -0.39 is 17.9 Å². The molecule has 0 radical (unpaired) electrons. The van der Waals surface area contributed by atoms with E-state index in [1.807, 2.05) is 0 Å². The molecule has 1 unspecified atom stereocenters. The van der Waals surface area contributed by atoms with Gasteiger partial charge in [-0.05, 0) is 12.5 Å². The number of hydrogen-bond donors (Lipinski definition) is 2. The van der Waals surface area contributed by atoms with Gasteiger partial charge in [-0.3, -0.25) is 14.4 Å². The van der Waals surface area contributed by atoms with Crippen molar-refractivity contribution in [1.82, 2.24) is 9.88 Å². The molecule has 104 valence electrons. The Morgan fingerprint density at radius 3 is 2.74 bits per heavy atom. The minimum atomic E-state index is -0.992. The van der Waals surface area contributed by atoms with Crippen molar-refractivity contribution in [3.63, 3.8) is 0 Å². The molecule has 19 heavy (non-hydrogen) atoms. The summed E-state index contributed by atoms with van der Waals surface area (Å²) < 4.78 is 1.25. The number of carboxylic acids is 1. The maximum absolute atomic E-state index is 11.9. The minimum absolute atomic E-state index is 0.0278. The van der Waals surface area contributed by atoms with E-state index >= 15 is 0 Å². The fourth-order valence-corrected chi connectivity index (χ4v) is 1.81. The van der Waals surface area contributed by atoms with Crippen molar-refractivity contribution >= 4 is 23.5 Å². The zero-order valence-electron chi connectivity index (χ0n) is 10.4. The lowest BCUT2D eigenvalue weighted by atomic mass is 10.2. The number of nitrogens with zero attached hydrogens (tertiary/aromatic N) is 1. The third-order valence-electron chi connectivity index (χ3n) is 2.57. The van der Waals surface area contributed by atoms with Crippen LogP contribution in [0.25, 0.3) is 0 Å². The van der Waals surface area contributed by atoms with Gasteiger partial charge in [-0.1, -0.05) is 18.5 Å². The van der Waals surface area contributed by atoms with Crippen LogP contribution in [0.4, 0.5) is 0 Å². The van der Waals surface area contributed by atoms with Gasteiger partial charge in [0.2, 0.25) is 5.91 Å². The number of aromatic nitrogens is 1. The van der Waals surface area contributed by atoms with E-state index in [9.17, 15) is 14.4 Å². The topological polar surface area (TPSA) is 88.4 Å². The Hall–Kier alpha value is -1.82. The second-order valence-corrected chi connectivity index (χ2v) is 4.39. The summed E-state index contributed by atoms with van der Waals surface area (Å²) in [5.41, 5.74) is -0.329. The molecule has 0 spiro atoms. The van der Waals surface area contributed by atoms with Gasteiger partial charge >= 0.3 is 5.97 Å². The Balaban J connectivity index is 2.82. The second-order valence-electron chi connectivity index (χ2n) is 3.95. The lowest BCUT2D eigenvalue weighted by molar-refractivity contribution is -0.137. The minimum Gasteiger partial charge on any atom is -0.481 e. The van der Waals surface area contributed by atoms with Crippen molar-refractivity contribution in [2.75, 3.05) is 6.54 Å². The highest BCUT2D eigenvalue weighted by Gasteiger charge is 2.19. The third-order valence-corrected chi connectivity index (χ3v) is 2.79. The average Bonchev–Trinajstić information content (AvgIpc) is 2.34. The van der Waals surface area contributed by atoms with E-state index in [2.05, 4.69) is 5.32 Å². The molecule has 0 aliphatic rings. The highest BCUT2D eigenvalue weighted by molar-refractivity contribution is 6.30. The summed E-state index contributed by atoms with van der Waals surface area (Å²) in [6.45, 7) is 1.79. The normalized spacial score (nSPS) is 11.9. The Labute approximate surface area is 115 Å². The maximum Gasteiger partial charge on any atom is 0.305 e. The van der Waals surface area contributed by atoms with Crippen LogP contribution in [0.15, 0.2) is 23.1 Å². The summed E-state index contributed by atoms with van der Waals surface area (Å²) >= 11 is 5.80. The van der Waals surface area contributed by atoms with Crippen molar-refractivity contribution in [3.8, 4) is 0 Å². The summed E-state index contributed by atoms with van der Waals surface area (Å²) in [6.07, 6.45) is 1.64. The summed E-state index contributed by atoms with van der Waals surface area (Å²) in [4.78, 5) is 34.0. The van der Waals surface area contributed by atoms with Crippen molar-refractivity contribution in [2.45, 2.75) is 25.8 Å². The number of carbonyl (C=O) groups excluding carboxylic acids is 1. The monoisotopic (exact) mass is 286 g/mol. The standard InChI is InChI=1S/C12H15ClN2O4/c1-2-9(12(19)14-6-5-11(17)18)15-7-8(13)3-4-10(15)16/h3-4,7,9H,2,5-6H2,1H3,(H,14,19)(H,17,18).